The van der Waals surface area contributed by atoms with Crippen LogP contribution in [0.1, 0.15) is 33.6 Å². The summed E-state index contributed by atoms with van der Waals surface area (Å²) in [6.45, 7) is 9.69. The lowest BCUT2D eigenvalue weighted by Crippen LogP contribution is -2.24. The number of nitrogens with one attached hydrogen (secondary N) is 2. The van der Waals surface area contributed by atoms with Crippen LogP contribution in [0.15, 0.2) is 23.2 Å². The molecule has 0 unspecified atom stereocenters. The topological polar surface area (TPSA) is 54.9 Å². The summed E-state index contributed by atoms with van der Waals surface area (Å²) in [4.78, 5) is 4.68. The van der Waals surface area contributed by atoms with Crippen LogP contribution < -0.4 is 10.6 Å². The molecule has 0 radical (unpaired) electrons. The van der Waals surface area contributed by atoms with Crippen molar-refractivity contribution in [3.8, 4) is 0 Å². The van der Waals surface area contributed by atoms with Gasteiger partial charge in [0.15, 0.2) is 0 Å². The quantitative estimate of drug-likeness (QED) is 0.704. The van der Waals surface area contributed by atoms with Crippen LogP contribution in [0, 0.1) is 5.92 Å². The van der Waals surface area contributed by atoms with Crippen LogP contribution in [-0.2, 0) is 9.47 Å². The highest BCUT2D eigenvalue weighted by molar-refractivity contribution is 5.78. The second-order valence-corrected chi connectivity index (χ2v) is 6.76. The largest absolute Gasteiger partial charge is 0.385 e. The average molecular weight is 333 g/mol. The number of hydrogen-bond donors (Lipinski definition) is 2. The highest BCUT2D eigenvalue weighted by atomic mass is 16.5. The Balaban J connectivity index is 2.12. The van der Waals surface area contributed by atoms with E-state index in [4.69, 9.17) is 9.47 Å². The third kappa shape index (κ3) is 5.80. The number of hydrogen-bond acceptors (Lipinski definition) is 5. The van der Waals surface area contributed by atoms with Gasteiger partial charge in [-0.25, -0.2) is 0 Å². The lowest BCUT2D eigenvalue weighted by atomic mass is 10.0. The second-order valence-electron chi connectivity index (χ2n) is 6.76. The number of rotatable bonds is 8. The molecule has 1 heterocycles. The van der Waals surface area contributed by atoms with Crippen LogP contribution in [0.3, 0.4) is 0 Å². The Morgan fingerprint density at radius 2 is 2.04 bits per heavy atom. The molecular weight excluding hydrogens is 302 g/mol. The Labute approximate surface area is 145 Å². The summed E-state index contributed by atoms with van der Waals surface area (Å²) in [5.74, 6) is 0.666. The summed E-state index contributed by atoms with van der Waals surface area (Å²) in [7, 11) is 1.70. The number of nitrogens with zero attached hydrogens (tertiary/aromatic N) is 1. The Bertz CT molecular complexity index is 537. The minimum absolute atomic E-state index is 0.383. The molecule has 0 bridgehead atoms. The fourth-order valence-corrected chi connectivity index (χ4v) is 2.58. The molecule has 1 aliphatic heterocycles. The molecule has 0 aliphatic carbocycles. The van der Waals surface area contributed by atoms with Gasteiger partial charge in [0.2, 0.25) is 0 Å². The van der Waals surface area contributed by atoms with E-state index in [1.54, 1.807) is 7.11 Å². The molecule has 0 spiro atoms. The van der Waals surface area contributed by atoms with Crippen LogP contribution >= 0.6 is 0 Å². The molecule has 5 nitrogen and oxygen atoms in total. The van der Waals surface area contributed by atoms with Gasteiger partial charge in [-0.15, -0.1) is 0 Å². The van der Waals surface area contributed by atoms with Crippen LogP contribution in [0.2, 0.25) is 0 Å². The van der Waals surface area contributed by atoms with Crippen LogP contribution in [0.5, 0.6) is 0 Å². The van der Waals surface area contributed by atoms with Crippen molar-refractivity contribution < 1.29 is 9.47 Å². The Morgan fingerprint density at radius 3 is 2.71 bits per heavy atom. The molecule has 0 aromatic heterocycles. The maximum atomic E-state index is 5.43. The Morgan fingerprint density at radius 1 is 1.29 bits per heavy atom. The van der Waals surface area contributed by atoms with E-state index >= 15 is 0 Å². The normalized spacial score (nSPS) is 16.5. The highest BCUT2D eigenvalue weighted by Crippen LogP contribution is 2.30. The molecule has 0 atom stereocenters. The molecule has 1 aromatic rings. The lowest BCUT2D eigenvalue weighted by molar-refractivity contribution is 0.0699. The van der Waals surface area contributed by atoms with E-state index in [-0.39, 0.29) is 5.60 Å². The maximum Gasteiger partial charge on any atom is 0.0972 e. The zero-order valence-corrected chi connectivity index (χ0v) is 15.4. The van der Waals surface area contributed by atoms with E-state index in [0.717, 1.165) is 56.2 Å². The van der Waals surface area contributed by atoms with Gasteiger partial charge in [-0.05, 0) is 57.7 Å². The summed E-state index contributed by atoms with van der Waals surface area (Å²) in [6.07, 6.45) is 4.10. The SMILES string of the molecule is CCNc1ccc(NCC2CCOCC2)c(N=CC(C)(C)OC)c1. The van der Waals surface area contributed by atoms with Crippen molar-refractivity contribution in [1.82, 2.24) is 0 Å². The number of benzene rings is 1. The Kier molecular flexibility index (Phi) is 7.06. The zero-order chi connectivity index (χ0) is 17.4. The van der Waals surface area contributed by atoms with Crippen LogP contribution in [-0.4, -0.2) is 45.2 Å². The predicted octanol–water partition coefficient (Wildman–Crippen LogP) is 4.08. The molecule has 0 amide bonds. The van der Waals surface area contributed by atoms with Gasteiger partial charge in [0.25, 0.3) is 0 Å². The van der Waals surface area contributed by atoms with Gasteiger partial charge < -0.3 is 20.1 Å². The first-order valence-electron chi connectivity index (χ1n) is 8.84. The van der Waals surface area contributed by atoms with Crippen LogP contribution in [0.4, 0.5) is 17.1 Å². The van der Waals surface area contributed by atoms with Crippen molar-refractivity contribution in [2.24, 2.45) is 10.9 Å². The average Bonchev–Trinajstić information content (AvgIpc) is 2.60. The fraction of sp³-hybridized carbons (Fsp3) is 0.632. The van der Waals surface area contributed by atoms with Gasteiger partial charge in [0.1, 0.15) is 0 Å². The number of anilines is 2. The van der Waals surface area contributed by atoms with E-state index in [1.807, 2.05) is 20.1 Å². The van der Waals surface area contributed by atoms with Crippen molar-refractivity contribution in [3.05, 3.63) is 18.2 Å². The summed E-state index contributed by atoms with van der Waals surface area (Å²) < 4.78 is 10.9. The molecule has 2 rings (SSSR count). The third-order valence-corrected chi connectivity index (χ3v) is 4.34. The molecule has 1 fully saturated rings. The minimum atomic E-state index is -0.383. The van der Waals surface area contributed by atoms with Crippen molar-refractivity contribution in [2.75, 3.05) is 44.0 Å². The fourth-order valence-electron chi connectivity index (χ4n) is 2.58. The molecule has 1 saturated heterocycles. The molecule has 134 valence electrons. The van der Waals surface area contributed by atoms with E-state index in [9.17, 15) is 0 Å². The third-order valence-electron chi connectivity index (χ3n) is 4.34. The van der Waals surface area contributed by atoms with Crippen LogP contribution in [0.25, 0.3) is 0 Å². The summed E-state index contributed by atoms with van der Waals surface area (Å²) in [5.41, 5.74) is 2.69. The number of aliphatic imine (C=N–C) groups is 1. The molecule has 0 saturated carbocycles. The van der Waals surface area contributed by atoms with E-state index in [0.29, 0.717) is 5.92 Å². The highest BCUT2D eigenvalue weighted by Gasteiger charge is 2.15. The monoisotopic (exact) mass is 333 g/mol. The van der Waals surface area contributed by atoms with Gasteiger partial charge in [0, 0.05) is 45.3 Å². The van der Waals surface area contributed by atoms with Gasteiger partial charge in [-0.2, -0.15) is 0 Å². The van der Waals surface area contributed by atoms with Crippen molar-refractivity contribution in [1.29, 1.82) is 0 Å². The predicted molar refractivity (Wildman–Crippen MR) is 102 cm³/mol. The first-order chi connectivity index (χ1) is 11.5. The molecule has 1 aliphatic rings. The maximum absolute atomic E-state index is 5.43. The van der Waals surface area contributed by atoms with Gasteiger partial charge >= 0.3 is 0 Å². The molecule has 1 aromatic carbocycles. The summed E-state index contributed by atoms with van der Waals surface area (Å²) in [5, 5.41) is 6.91. The second kappa shape index (κ2) is 9.04. The first kappa shape index (κ1) is 18.7. The molecular formula is C19H31N3O2. The summed E-state index contributed by atoms with van der Waals surface area (Å²) in [6, 6.07) is 6.28. The molecule has 2 N–H and O–H groups in total. The van der Waals surface area contributed by atoms with Crippen molar-refractivity contribution in [3.63, 3.8) is 0 Å². The van der Waals surface area contributed by atoms with Crippen molar-refractivity contribution in [2.45, 2.75) is 39.2 Å². The molecule has 5 heteroatoms. The number of ether oxygens (including phenoxy) is 2. The zero-order valence-electron chi connectivity index (χ0n) is 15.4. The van der Waals surface area contributed by atoms with E-state index < -0.39 is 0 Å². The smallest absolute Gasteiger partial charge is 0.0972 e. The Hall–Kier alpha value is -1.59. The van der Waals surface area contributed by atoms with Gasteiger partial charge in [-0.1, -0.05) is 0 Å². The molecule has 24 heavy (non-hydrogen) atoms. The lowest BCUT2D eigenvalue weighted by Gasteiger charge is -2.23. The van der Waals surface area contributed by atoms with Gasteiger partial charge in [-0.3, -0.25) is 4.99 Å². The summed E-state index contributed by atoms with van der Waals surface area (Å²) >= 11 is 0. The minimum Gasteiger partial charge on any atom is -0.385 e. The first-order valence-corrected chi connectivity index (χ1v) is 8.84. The van der Waals surface area contributed by atoms with E-state index in [2.05, 4.69) is 40.7 Å². The van der Waals surface area contributed by atoms with Gasteiger partial charge in [0.05, 0.1) is 17.0 Å². The van der Waals surface area contributed by atoms with Crippen molar-refractivity contribution >= 4 is 23.3 Å². The number of methoxy groups -OCH3 is 1. The standard InChI is InChI=1S/C19H31N3O2/c1-5-20-16-6-7-17(21-13-15-8-10-24-11-9-15)18(12-16)22-14-19(2,3)23-4/h6-7,12,14-15,20-21H,5,8-11,13H2,1-4H3. The van der Waals surface area contributed by atoms with E-state index in [1.165, 1.54) is 0 Å².